The summed E-state index contributed by atoms with van der Waals surface area (Å²) < 4.78 is 26.7. The fourth-order valence-corrected chi connectivity index (χ4v) is 1.52. The molecule has 0 aliphatic rings. The first kappa shape index (κ1) is 12.0. The summed E-state index contributed by atoms with van der Waals surface area (Å²) >= 11 is 0. The molecular weight excluding hydrogens is 214 g/mol. The Morgan fingerprint density at radius 3 is 2.60 bits per heavy atom. The van der Waals surface area contributed by atoms with Crippen LogP contribution in [0.15, 0.2) is 24.3 Å². The van der Waals surface area contributed by atoms with E-state index in [9.17, 15) is 8.42 Å². The summed E-state index contributed by atoms with van der Waals surface area (Å²) in [7, 11) is -3.44. The first-order valence-corrected chi connectivity index (χ1v) is 6.45. The van der Waals surface area contributed by atoms with Gasteiger partial charge in [-0.05, 0) is 18.1 Å². The monoisotopic (exact) mass is 229 g/mol. The number of hydrogen-bond donors (Lipinski definition) is 1. The quantitative estimate of drug-likeness (QED) is 0.816. The second-order valence-electron chi connectivity index (χ2n) is 3.18. The molecule has 15 heavy (non-hydrogen) atoms. The predicted molar refractivity (Wildman–Crippen MR) is 59.3 cm³/mol. The Balaban J connectivity index is 2.58. The maximum atomic E-state index is 10.7. The van der Waals surface area contributed by atoms with Gasteiger partial charge in [0.15, 0.2) is 0 Å². The first-order chi connectivity index (χ1) is 7.03. The molecule has 1 rings (SSSR count). The lowest BCUT2D eigenvalue weighted by Crippen LogP contribution is -2.21. The molecule has 0 bridgehead atoms. The molecule has 4 nitrogen and oxygen atoms in total. The van der Waals surface area contributed by atoms with Crippen molar-refractivity contribution in [3.05, 3.63) is 29.8 Å². The van der Waals surface area contributed by atoms with Gasteiger partial charge in [-0.3, -0.25) is 0 Å². The first-order valence-electron chi connectivity index (χ1n) is 4.74. The Kier molecular flexibility index (Phi) is 4.11. The minimum Gasteiger partial charge on any atom is -0.492 e. The van der Waals surface area contributed by atoms with Gasteiger partial charge in [0, 0.05) is 0 Å². The molecule has 0 saturated heterocycles. The van der Waals surface area contributed by atoms with E-state index in [1.165, 1.54) is 0 Å². The van der Waals surface area contributed by atoms with Crippen molar-refractivity contribution in [2.75, 3.05) is 12.4 Å². The fourth-order valence-electron chi connectivity index (χ4n) is 1.20. The molecule has 0 radical (unpaired) electrons. The summed E-state index contributed by atoms with van der Waals surface area (Å²) in [5.74, 6) is 0.564. The Morgan fingerprint density at radius 2 is 2.00 bits per heavy atom. The van der Waals surface area contributed by atoms with Crippen LogP contribution in [0.1, 0.15) is 12.5 Å². The van der Waals surface area contributed by atoms with E-state index in [1.807, 2.05) is 31.2 Å². The van der Waals surface area contributed by atoms with E-state index in [0.717, 1.165) is 17.7 Å². The second-order valence-corrected chi connectivity index (χ2v) is 4.91. The minimum absolute atomic E-state index is 0.0931. The second kappa shape index (κ2) is 5.14. The van der Waals surface area contributed by atoms with Crippen LogP contribution in [0.25, 0.3) is 0 Å². The molecule has 0 atom stereocenters. The highest BCUT2D eigenvalue weighted by Gasteiger charge is 2.04. The van der Waals surface area contributed by atoms with Crippen LogP contribution in [0.3, 0.4) is 0 Å². The highest BCUT2D eigenvalue weighted by molar-refractivity contribution is 7.89. The number of sulfonamides is 1. The zero-order valence-corrected chi connectivity index (χ0v) is 9.46. The molecule has 0 aliphatic heterocycles. The molecule has 0 amide bonds. The number of para-hydroxylation sites is 1. The van der Waals surface area contributed by atoms with E-state index in [2.05, 4.69) is 0 Å². The number of aryl methyl sites for hydroxylation is 1. The topological polar surface area (TPSA) is 69.4 Å². The number of rotatable bonds is 5. The molecule has 84 valence electrons. The molecule has 0 heterocycles. The maximum Gasteiger partial charge on any atom is 0.212 e. The normalized spacial score (nSPS) is 11.3. The summed E-state index contributed by atoms with van der Waals surface area (Å²) in [6.07, 6.45) is 0.853. The third-order valence-corrected chi connectivity index (χ3v) is 2.71. The summed E-state index contributed by atoms with van der Waals surface area (Å²) in [6.45, 7) is 2.11. The third-order valence-electron chi connectivity index (χ3n) is 1.98. The molecule has 2 N–H and O–H groups in total. The van der Waals surface area contributed by atoms with Crippen molar-refractivity contribution < 1.29 is 13.2 Å². The molecule has 0 aliphatic carbocycles. The number of hydrogen-bond acceptors (Lipinski definition) is 3. The van der Waals surface area contributed by atoms with Gasteiger partial charge in [-0.25, -0.2) is 13.6 Å². The summed E-state index contributed by atoms with van der Waals surface area (Å²) in [4.78, 5) is 0. The summed E-state index contributed by atoms with van der Waals surface area (Å²) in [5, 5.41) is 4.86. The van der Waals surface area contributed by atoms with Gasteiger partial charge in [-0.2, -0.15) is 0 Å². The highest BCUT2D eigenvalue weighted by Crippen LogP contribution is 2.17. The zero-order valence-electron chi connectivity index (χ0n) is 8.64. The van der Waals surface area contributed by atoms with Crippen LogP contribution in [0.2, 0.25) is 0 Å². The minimum atomic E-state index is -3.44. The molecule has 0 aromatic heterocycles. The van der Waals surface area contributed by atoms with Crippen molar-refractivity contribution >= 4 is 10.0 Å². The Hall–Kier alpha value is -1.07. The van der Waals surface area contributed by atoms with Crippen LogP contribution >= 0.6 is 0 Å². The average molecular weight is 229 g/mol. The van der Waals surface area contributed by atoms with Crippen molar-refractivity contribution in [1.29, 1.82) is 0 Å². The molecule has 0 fully saturated rings. The van der Waals surface area contributed by atoms with E-state index in [4.69, 9.17) is 9.88 Å². The van der Waals surface area contributed by atoms with E-state index in [0.29, 0.717) is 0 Å². The largest absolute Gasteiger partial charge is 0.492 e. The van der Waals surface area contributed by atoms with Crippen LogP contribution in [-0.2, 0) is 16.4 Å². The zero-order chi connectivity index (χ0) is 11.3. The van der Waals surface area contributed by atoms with Gasteiger partial charge < -0.3 is 4.74 Å². The Bertz CT molecular complexity index is 414. The molecule has 0 saturated carbocycles. The van der Waals surface area contributed by atoms with Crippen molar-refractivity contribution in [2.45, 2.75) is 13.3 Å². The van der Waals surface area contributed by atoms with E-state index in [1.54, 1.807) is 0 Å². The smallest absolute Gasteiger partial charge is 0.212 e. The number of primary sulfonamides is 1. The van der Waals surface area contributed by atoms with Crippen molar-refractivity contribution in [3.63, 3.8) is 0 Å². The molecule has 0 spiro atoms. The molecule has 1 aromatic carbocycles. The van der Waals surface area contributed by atoms with Crippen LogP contribution in [0.4, 0.5) is 0 Å². The van der Waals surface area contributed by atoms with Gasteiger partial charge in [0.05, 0.1) is 5.75 Å². The number of ether oxygens (including phenoxy) is 1. The highest BCUT2D eigenvalue weighted by atomic mass is 32.2. The lowest BCUT2D eigenvalue weighted by atomic mass is 10.1. The fraction of sp³-hybridized carbons (Fsp3) is 0.400. The van der Waals surface area contributed by atoms with E-state index >= 15 is 0 Å². The van der Waals surface area contributed by atoms with Crippen LogP contribution in [0.5, 0.6) is 5.75 Å². The summed E-state index contributed by atoms with van der Waals surface area (Å²) in [5.41, 5.74) is 1.06. The molecule has 5 heteroatoms. The van der Waals surface area contributed by atoms with Crippen molar-refractivity contribution in [3.8, 4) is 5.75 Å². The van der Waals surface area contributed by atoms with Crippen molar-refractivity contribution in [2.24, 2.45) is 5.14 Å². The predicted octanol–water partition coefficient (Wildman–Crippen LogP) is 0.916. The van der Waals surface area contributed by atoms with Gasteiger partial charge in [0.1, 0.15) is 12.4 Å². The van der Waals surface area contributed by atoms with Gasteiger partial charge in [-0.15, -0.1) is 0 Å². The lowest BCUT2D eigenvalue weighted by molar-refractivity contribution is 0.337. The third kappa shape index (κ3) is 4.31. The van der Waals surface area contributed by atoms with Crippen LogP contribution in [0, 0.1) is 0 Å². The molecular formula is C10H15NO3S. The molecule has 0 unspecified atom stereocenters. The van der Waals surface area contributed by atoms with Gasteiger partial charge in [0.2, 0.25) is 10.0 Å². The Morgan fingerprint density at radius 1 is 1.33 bits per heavy atom. The maximum absolute atomic E-state index is 10.7. The van der Waals surface area contributed by atoms with Crippen molar-refractivity contribution in [1.82, 2.24) is 0 Å². The number of nitrogens with two attached hydrogens (primary N) is 1. The number of benzene rings is 1. The standard InChI is InChI=1S/C10H15NO3S/c1-2-9-5-3-4-6-10(9)14-7-8-15(11,12)13/h3-6H,2,7-8H2,1H3,(H2,11,12,13). The molecule has 1 aromatic rings. The van der Waals surface area contributed by atoms with Gasteiger partial charge >= 0.3 is 0 Å². The average Bonchev–Trinajstić information content (AvgIpc) is 2.16. The van der Waals surface area contributed by atoms with Crippen LogP contribution < -0.4 is 9.88 Å². The summed E-state index contributed by atoms with van der Waals surface area (Å²) in [6, 6.07) is 7.55. The van der Waals surface area contributed by atoms with E-state index in [-0.39, 0.29) is 12.4 Å². The lowest BCUT2D eigenvalue weighted by Gasteiger charge is -2.09. The van der Waals surface area contributed by atoms with E-state index < -0.39 is 10.0 Å². The van der Waals surface area contributed by atoms with Crippen LogP contribution in [-0.4, -0.2) is 20.8 Å². The van der Waals surface area contributed by atoms with Gasteiger partial charge in [0.25, 0.3) is 0 Å². The van der Waals surface area contributed by atoms with Gasteiger partial charge in [-0.1, -0.05) is 25.1 Å². The SMILES string of the molecule is CCc1ccccc1OCCS(N)(=O)=O. The Labute approximate surface area is 90.1 Å².